The molecule has 10 nitrogen and oxygen atoms in total. The number of Topliss-reactive ketones (excluding diaryl/α,β-unsaturated/α-hetero) is 1. The molecular formula is C25H47NO9. The highest BCUT2D eigenvalue weighted by atomic mass is 16.7. The number of nitrogens with two attached hydrogens (primary N) is 1. The molecule has 0 aromatic carbocycles. The van der Waals surface area contributed by atoms with Crippen molar-refractivity contribution in [3.05, 3.63) is 0 Å². The summed E-state index contributed by atoms with van der Waals surface area (Å²) in [4.78, 5) is 23.6. The lowest BCUT2D eigenvalue weighted by atomic mass is 9.84. The third kappa shape index (κ3) is 14.9. The summed E-state index contributed by atoms with van der Waals surface area (Å²) in [5, 5.41) is 0. The van der Waals surface area contributed by atoms with E-state index in [1.807, 2.05) is 13.8 Å². The van der Waals surface area contributed by atoms with Gasteiger partial charge in [0.1, 0.15) is 5.78 Å². The molecule has 1 fully saturated rings. The van der Waals surface area contributed by atoms with E-state index in [9.17, 15) is 9.59 Å². The first-order valence-electron chi connectivity index (χ1n) is 12.8. The van der Waals surface area contributed by atoms with Crippen molar-refractivity contribution >= 4 is 11.8 Å². The van der Waals surface area contributed by atoms with Crippen molar-refractivity contribution in [1.82, 2.24) is 0 Å². The minimum Gasteiger partial charge on any atom is -0.457 e. The van der Waals surface area contributed by atoms with Crippen molar-refractivity contribution in [2.24, 2.45) is 17.6 Å². The Morgan fingerprint density at radius 1 is 0.743 bits per heavy atom. The number of carbonyl (C=O) groups is 2. The Morgan fingerprint density at radius 3 is 1.80 bits per heavy atom. The molecule has 1 heterocycles. The van der Waals surface area contributed by atoms with E-state index in [2.05, 4.69) is 6.92 Å². The predicted octanol–water partition coefficient (Wildman–Crippen LogP) is 2.11. The largest absolute Gasteiger partial charge is 0.457 e. The van der Waals surface area contributed by atoms with Crippen molar-refractivity contribution < 1.29 is 42.7 Å². The van der Waals surface area contributed by atoms with E-state index in [1.54, 1.807) is 0 Å². The maximum Gasteiger partial charge on any atom is 0.303 e. The second-order valence-electron chi connectivity index (χ2n) is 8.86. The van der Waals surface area contributed by atoms with E-state index in [0.29, 0.717) is 91.7 Å². The van der Waals surface area contributed by atoms with Crippen molar-refractivity contribution in [2.45, 2.75) is 71.9 Å². The van der Waals surface area contributed by atoms with Crippen LogP contribution in [0, 0.1) is 11.8 Å². The fraction of sp³-hybridized carbons (Fsp3) is 0.920. The first kappa shape index (κ1) is 31.9. The summed E-state index contributed by atoms with van der Waals surface area (Å²) in [6.45, 7) is 12.5. The van der Waals surface area contributed by atoms with Gasteiger partial charge in [-0.05, 0) is 25.7 Å². The average molecular weight is 506 g/mol. The van der Waals surface area contributed by atoms with Crippen molar-refractivity contribution in [2.75, 3.05) is 66.0 Å². The third-order valence-electron chi connectivity index (χ3n) is 6.01. The fourth-order valence-electron chi connectivity index (χ4n) is 3.69. The molecule has 1 saturated heterocycles. The summed E-state index contributed by atoms with van der Waals surface area (Å²) in [6, 6.07) is 0. The van der Waals surface area contributed by atoms with Gasteiger partial charge in [0.05, 0.1) is 59.0 Å². The Labute approximate surface area is 210 Å². The van der Waals surface area contributed by atoms with E-state index < -0.39 is 12.4 Å². The van der Waals surface area contributed by atoms with Gasteiger partial charge in [-0.25, -0.2) is 0 Å². The molecule has 206 valence electrons. The lowest BCUT2D eigenvalue weighted by Crippen LogP contribution is -2.51. The fourth-order valence-corrected chi connectivity index (χ4v) is 3.69. The highest BCUT2D eigenvalue weighted by Crippen LogP contribution is 2.33. The van der Waals surface area contributed by atoms with Crippen LogP contribution in [-0.4, -0.2) is 96.3 Å². The van der Waals surface area contributed by atoms with Gasteiger partial charge in [-0.3, -0.25) is 9.59 Å². The smallest absolute Gasteiger partial charge is 0.303 e. The number of hydrogen-bond donors (Lipinski definition) is 1. The maximum atomic E-state index is 12.1. The Kier molecular flexibility index (Phi) is 18.2. The van der Waals surface area contributed by atoms with Crippen LogP contribution < -0.4 is 5.73 Å². The van der Waals surface area contributed by atoms with E-state index in [4.69, 9.17) is 38.9 Å². The normalized spacial score (nSPS) is 24.4. The van der Waals surface area contributed by atoms with Crippen LogP contribution in [-0.2, 0) is 42.7 Å². The van der Waals surface area contributed by atoms with Crippen molar-refractivity contribution in [3.8, 4) is 0 Å². The number of esters is 1. The van der Waals surface area contributed by atoms with E-state index in [0.717, 1.165) is 0 Å². The molecular weight excluding hydrogens is 458 g/mol. The Bertz CT molecular complexity index is 563. The van der Waals surface area contributed by atoms with Gasteiger partial charge in [0.15, 0.2) is 12.4 Å². The van der Waals surface area contributed by atoms with Gasteiger partial charge >= 0.3 is 5.97 Å². The van der Waals surface area contributed by atoms with Crippen LogP contribution in [0.3, 0.4) is 0 Å². The molecule has 0 aromatic rings. The minimum atomic E-state index is -0.604. The molecule has 10 heteroatoms. The first-order chi connectivity index (χ1) is 16.9. The zero-order chi connectivity index (χ0) is 25.9. The van der Waals surface area contributed by atoms with Crippen LogP contribution in [0.15, 0.2) is 0 Å². The molecule has 2 N–H and O–H groups in total. The molecule has 0 radical (unpaired) electrons. The molecule has 5 atom stereocenters. The molecule has 2 unspecified atom stereocenters. The van der Waals surface area contributed by atoms with Gasteiger partial charge in [0, 0.05) is 38.8 Å². The van der Waals surface area contributed by atoms with Crippen molar-refractivity contribution in [3.63, 3.8) is 0 Å². The quantitative estimate of drug-likeness (QED) is 0.183. The SMILES string of the molecule is CC(=O)O[C@@H]1C(OCCCC(=O)CCCOCCOCCOCCOCCN)O[C@@H](C)[C@H](C)C1C. The molecule has 1 aliphatic rings. The zero-order valence-electron chi connectivity index (χ0n) is 22.0. The second kappa shape index (κ2) is 20.0. The molecule has 0 aliphatic carbocycles. The monoisotopic (exact) mass is 505 g/mol. The summed E-state index contributed by atoms with van der Waals surface area (Å²) in [6.07, 6.45) is 1.15. The van der Waals surface area contributed by atoms with Gasteiger partial charge in [-0.2, -0.15) is 0 Å². The van der Waals surface area contributed by atoms with Crippen molar-refractivity contribution in [1.29, 1.82) is 0 Å². The second-order valence-corrected chi connectivity index (χ2v) is 8.86. The summed E-state index contributed by atoms with van der Waals surface area (Å²) >= 11 is 0. The number of carbonyl (C=O) groups excluding carboxylic acids is 2. The van der Waals surface area contributed by atoms with Gasteiger partial charge in [0.25, 0.3) is 0 Å². The molecule has 35 heavy (non-hydrogen) atoms. The molecule has 0 bridgehead atoms. The van der Waals surface area contributed by atoms with Crippen LogP contribution in [0.1, 0.15) is 53.4 Å². The Hall–Kier alpha value is -1.14. The molecule has 0 aromatic heterocycles. The Morgan fingerprint density at radius 2 is 1.26 bits per heavy atom. The lowest BCUT2D eigenvalue weighted by molar-refractivity contribution is -0.271. The van der Waals surface area contributed by atoms with Crippen LogP contribution in [0.2, 0.25) is 0 Å². The number of ketones is 1. The standard InChI is InChI=1S/C25H47NO9/c1-19-20(2)24(35-22(4)27)25(34-21(19)3)33-11-6-8-23(28)7-5-10-29-13-15-31-17-18-32-16-14-30-12-9-26/h19-21,24-25H,5-18,26H2,1-4H3/t19-,20?,21+,24+,25?/m1/s1. The number of hydrogen-bond acceptors (Lipinski definition) is 10. The minimum absolute atomic E-state index is 0.00819. The summed E-state index contributed by atoms with van der Waals surface area (Å²) in [7, 11) is 0. The molecule has 0 spiro atoms. The maximum absolute atomic E-state index is 12.1. The van der Waals surface area contributed by atoms with Crippen LogP contribution in [0.4, 0.5) is 0 Å². The van der Waals surface area contributed by atoms with Crippen LogP contribution in [0.25, 0.3) is 0 Å². The third-order valence-corrected chi connectivity index (χ3v) is 6.01. The van der Waals surface area contributed by atoms with Gasteiger partial charge in [-0.1, -0.05) is 13.8 Å². The summed E-state index contributed by atoms with van der Waals surface area (Å²) in [5.41, 5.74) is 5.32. The topological polar surface area (TPSA) is 125 Å². The first-order valence-corrected chi connectivity index (χ1v) is 12.8. The van der Waals surface area contributed by atoms with Crippen LogP contribution >= 0.6 is 0 Å². The molecule has 0 amide bonds. The van der Waals surface area contributed by atoms with E-state index >= 15 is 0 Å². The molecule has 1 rings (SSSR count). The van der Waals surface area contributed by atoms with Crippen LogP contribution in [0.5, 0.6) is 0 Å². The van der Waals surface area contributed by atoms with E-state index in [1.165, 1.54) is 6.92 Å². The Balaban J connectivity index is 2.00. The summed E-state index contributed by atoms with van der Waals surface area (Å²) < 4.78 is 38.7. The van der Waals surface area contributed by atoms with E-state index in [-0.39, 0.29) is 29.7 Å². The average Bonchev–Trinajstić information content (AvgIpc) is 2.82. The highest BCUT2D eigenvalue weighted by Gasteiger charge is 2.42. The van der Waals surface area contributed by atoms with Gasteiger partial charge in [-0.15, -0.1) is 0 Å². The highest BCUT2D eigenvalue weighted by molar-refractivity contribution is 5.78. The predicted molar refractivity (Wildman–Crippen MR) is 130 cm³/mol. The lowest BCUT2D eigenvalue weighted by Gasteiger charge is -2.42. The van der Waals surface area contributed by atoms with Gasteiger partial charge in [0.2, 0.25) is 0 Å². The molecule has 1 aliphatic heterocycles. The summed E-state index contributed by atoms with van der Waals surface area (Å²) in [5.74, 6) is 0.206. The zero-order valence-corrected chi connectivity index (χ0v) is 22.0. The molecule has 0 saturated carbocycles. The number of rotatable bonds is 21. The van der Waals surface area contributed by atoms with Gasteiger partial charge < -0.3 is 38.9 Å². The number of ether oxygens (including phenoxy) is 7.